The van der Waals surface area contributed by atoms with Gasteiger partial charge in [-0.3, -0.25) is 4.90 Å². The molecular formula is C12H26N2S. The molecule has 0 aliphatic carbocycles. The van der Waals surface area contributed by atoms with E-state index in [-0.39, 0.29) is 0 Å². The van der Waals surface area contributed by atoms with Crippen molar-refractivity contribution in [1.82, 2.24) is 9.80 Å². The van der Waals surface area contributed by atoms with Gasteiger partial charge in [0.15, 0.2) is 0 Å². The second kappa shape index (κ2) is 6.12. The molecule has 1 heterocycles. The summed E-state index contributed by atoms with van der Waals surface area (Å²) in [6, 6.07) is 0. The molecule has 0 unspecified atom stereocenters. The van der Waals surface area contributed by atoms with E-state index < -0.39 is 0 Å². The van der Waals surface area contributed by atoms with Crippen molar-refractivity contribution in [3.63, 3.8) is 0 Å². The third-order valence-electron chi connectivity index (χ3n) is 3.53. The molecule has 0 spiro atoms. The molecule has 3 heteroatoms. The smallest absolute Gasteiger partial charge is 0.0277 e. The standard InChI is InChI=1S/C12H26N2S/c1-12(2)11-14(9-8-13(12)3)7-5-4-6-10-15/h15H,4-11H2,1-3H3. The van der Waals surface area contributed by atoms with Crippen LogP contribution in [0.5, 0.6) is 0 Å². The molecule has 0 aromatic heterocycles. The minimum atomic E-state index is 0.349. The summed E-state index contributed by atoms with van der Waals surface area (Å²) in [5.74, 6) is 1.04. The van der Waals surface area contributed by atoms with Crippen molar-refractivity contribution < 1.29 is 0 Å². The second-order valence-corrected chi connectivity index (χ2v) is 5.74. The van der Waals surface area contributed by atoms with Gasteiger partial charge in [0.2, 0.25) is 0 Å². The van der Waals surface area contributed by atoms with Gasteiger partial charge in [-0.05, 0) is 46.0 Å². The fraction of sp³-hybridized carbons (Fsp3) is 1.00. The predicted molar refractivity (Wildman–Crippen MR) is 70.9 cm³/mol. The first-order valence-electron chi connectivity index (χ1n) is 6.11. The Morgan fingerprint density at radius 2 is 1.87 bits per heavy atom. The molecule has 0 atom stereocenters. The number of nitrogens with zero attached hydrogens (tertiary/aromatic N) is 2. The first-order chi connectivity index (χ1) is 7.06. The Kier molecular flexibility index (Phi) is 5.44. The summed E-state index contributed by atoms with van der Waals surface area (Å²) in [7, 11) is 2.23. The molecule has 1 aliphatic rings. The van der Waals surface area contributed by atoms with Crippen LogP contribution < -0.4 is 0 Å². The van der Waals surface area contributed by atoms with Crippen molar-refractivity contribution in [2.24, 2.45) is 0 Å². The van der Waals surface area contributed by atoms with E-state index in [1.807, 2.05) is 0 Å². The lowest BCUT2D eigenvalue weighted by molar-refractivity contribution is 0.0393. The Morgan fingerprint density at radius 1 is 1.13 bits per heavy atom. The van der Waals surface area contributed by atoms with Crippen LogP contribution in [-0.4, -0.2) is 54.3 Å². The van der Waals surface area contributed by atoms with E-state index in [1.165, 1.54) is 45.4 Å². The maximum Gasteiger partial charge on any atom is 0.0277 e. The van der Waals surface area contributed by atoms with Gasteiger partial charge in [-0.15, -0.1) is 0 Å². The number of thiol groups is 1. The van der Waals surface area contributed by atoms with Crippen LogP contribution in [0.1, 0.15) is 33.1 Å². The molecule has 0 bridgehead atoms. The molecule has 0 amide bonds. The summed E-state index contributed by atoms with van der Waals surface area (Å²) in [6.45, 7) is 9.61. The number of hydrogen-bond acceptors (Lipinski definition) is 3. The molecule has 0 radical (unpaired) electrons. The Bertz CT molecular complexity index is 182. The lowest BCUT2D eigenvalue weighted by Gasteiger charge is -2.45. The maximum absolute atomic E-state index is 4.24. The first-order valence-corrected chi connectivity index (χ1v) is 6.74. The van der Waals surface area contributed by atoms with Crippen LogP contribution >= 0.6 is 12.6 Å². The molecule has 0 aromatic rings. The van der Waals surface area contributed by atoms with Gasteiger partial charge in [-0.2, -0.15) is 12.6 Å². The van der Waals surface area contributed by atoms with Crippen LogP contribution in [0.15, 0.2) is 0 Å². The normalized spacial score (nSPS) is 23.2. The summed E-state index contributed by atoms with van der Waals surface area (Å²) in [5.41, 5.74) is 0.349. The van der Waals surface area contributed by atoms with E-state index in [9.17, 15) is 0 Å². The van der Waals surface area contributed by atoms with Gasteiger partial charge >= 0.3 is 0 Å². The molecule has 1 saturated heterocycles. The maximum atomic E-state index is 4.24. The monoisotopic (exact) mass is 230 g/mol. The van der Waals surface area contributed by atoms with Crippen LogP contribution in [0.4, 0.5) is 0 Å². The van der Waals surface area contributed by atoms with Gasteiger partial charge in [0, 0.05) is 25.2 Å². The number of hydrogen-bond donors (Lipinski definition) is 1. The lowest BCUT2D eigenvalue weighted by Crippen LogP contribution is -2.57. The van der Waals surface area contributed by atoms with E-state index in [1.54, 1.807) is 0 Å². The van der Waals surface area contributed by atoms with E-state index in [2.05, 4.69) is 43.3 Å². The van der Waals surface area contributed by atoms with Gasteiger partial charge in [0.1, 0.15) is 0 Å². The molecule has 1 fully saturated rings. The zero-order valence-electron chi connectivity index (χ0n) is 10.5. The van der Waals surface area contributed by atoms with Crippen LogP contribution in [0, 0.1) is 0 Å². The molecule has 0 N–H and O–H groups in total. The summed E-state index contributed by atoms with van der Waals surface area (Å²) in [5, 5.41) is 0. The van der Waals surface area contributed by atoms with Crippen molar-refractivity contribution in [1.29, 1.82) is 0 Å². The third-order valence-corrected chi connectivity index (χ3v) is 3.84. The molecule has 1 aliphatic heterocycles. The molecule has 0 saturated carbocycles. The van der Waals surface area contributed by atoms with E-state index in [0.717, 1.165) is 5.75 Å². The van der Waals surface area contributed by atoms with Crippen LogP contribution in [-0.2, 0) is 0 Å². The minimum Gasteiger partial charge on any atom is -0.300 e. The minimum absolute atomic E-state index is 0.349. The molecule has 15 heavy (non-hydrogen) atoms. The van der Waals surface area contributed by atoms with Crippen LogP contribution in [0.2, 0.25) is 0 Å². The van der Waals surface area contributed by atoms with E-state index >= 15 is 0 Å². The SMILES string of the molecule is CN1CCN(CCCCCS)CC1(C)C. The highest BCUT2D eigenvalue weighted by Crippen LogP contribution is 2.19. The molecule has 0 aromatic carbocycles. The van der Waals surface area contributed by atoms with Gasteiger partial charge in [-0.25, -0.2) is 0 Å². The van der Waals surface area contributed by atoms with E-state index in [4.69, 9.17) is 0 Å². The number of unbranched alkanes of at least 4 members (excludes halogenated alkanes) is 2. The topological polar surface area (TPSA) is 6.48 Å². The highest BCUT2D eigenvalue weighted by Gasteiger charge is 2.30. The molecule has 2 nitrogen and oxygen atoms in total. The quantitative estimate of drug-likeness (QED) is 0.571. The van der Waals surface area contributed by atoms with Crippen molar-refractivity contribution in [3.8, 4) is 0 Å². The van der Waals surface area contributed by atoms with Gasteiger partial charge in [0.05, 0.1) is 0 Å². The van der Waals surface area contributed by atoms with Gasteiger partial charge in [-0.1, -0.05) is 6.42 Å². The number of rotatable bonds is 5. The number of piperazine rings is 1. The van der Waals surface area contributed by atoms with Crippen molar-refractivity contribution in [3.05, 3.63) is 0 Å². The summed E-state index contributed by atoms with van der Waals surface area (Å²) in [6.07, 6.45) is 3.93. The summed E-state index contributed by atoms with van der Waals surface area (Å²) < 4.78 is 0. The zero-order valence-corrected chi connectivity index (χ0v) is 11.4. The average Bonchev–Trinajstić information content (AvgIpc) is 2.18. The Labute approximate surface area is 100 Å². The summed E-state index contributed by atoms with van der Waals surface area (Å²) >= 11 is 4.24. The predicted octanol–water partition coefficient (Wildman–Crippen LogP) is 2.11. The molecule has 90 valence electrons. The highest BCUT2D eigenvalue weighted by molar-refractivity contribution is 7.80. The van der Waals surface area contributed by atoms with Gasteiger partial charge < -0.3 is 4.90 Å². The lowest BCUT2D eigenvalue weighted by atomic mass is 9.99. The van der Waals surface area contributed by atoms with Crippen molar-refractivity contribution in [2.75, 3.05) is 39.0 Å². The largest absolute Gasteiger partial charge is 0.300 e. The fourth-order valence-corrected chi connectivity index (χ4v) is 2.38. The zero-order chi connectivity index (χ0) is 11.3. The van der Waals surface area contributed by atoms with E-state index in [0.29, 0.717) is 5.54 Å². The van der Waals surface area contributed by atoms with Crippen molar-refractivity contribution >= 4 is 12.6 Å². The number of likely N-dealkylation sites (N-methyl/N-ethyl adjacent to an activating group) is 1. The molecular weight excluding hydrogens is 204 g/mol. The first kappa shape index (κ1) is 13.3. The fourth-order valence-electron chi connectivity index (χ4n) is 2.16. The highest BCUT2D eigenvalue weighted by atomic mass is 32.1. The Hall–Kier alpha value is 0.270. The van der Waals surface area contributed by atoms with Crippen LogP contribution in [0.3, 0.4) is 0 Å². The average molecular weight is 230 g/mol. The summed E-state index contributed by atoms with van der Waals surface area (Å²) in [4.78, 5) is 5.08. The van der Waals surface area contributed by atoms with Gasteiger partial charge in [0.25, 0.3) is 0 Å². The Morgan fingerprint density at radius 3 is 2.47 bits per heavy atom. The molecule has 1 rings (SSSR count). The Balaban J connectivity index is 2.21. The third kappa shape index (κ3) is 4.33. The second-order valence-electron chi connectivity index (χ2n) is 5.29. The van der Waals surface area contributed by atoms with Crippen LogP contribution in [0.25, 0.3) is 0 Å². The van der Waals surface area contributed by atoms with Crippen molar-refractivity contribution in [2.45, 2.75) is 38.6 Å².